The Balaban J connectivity index is 1.88. The number of hydrogen-bond acceptors (Lipinski definition) is 5. The van der Waals surface area contributed by atoms with E-state index in [2.05, 4.69) is 40.6 Å². The van der Waals surface area contributed by atoms with Gasteiger partial charge < -0.3 is 5.32 Å². The van der Waals surface area contributed by atoms with Crippen LogP contribution >= 0.6 is 25.3 Å². The van der Waals surface area contributed by atoms with E-state index in [4.69, 9.17) is 0 Å². The number of rotatable bonds is 4. The first kappa shape index (κ1) is 12.8. The molecule has 0 aromatic carbocycles. The van der Waals surface area contributed by atoms with Gasteiger partial charge in [-0.15, -0.1) is 0 Å². The Morgan fingerprint density at radius 3 is 2.88 bits per heavy atom. The molecule has 0 spiro atoms. The summed E-state index contributed by atoms with van der Waals surface area (Å²) in [6.45, 7) is 2.83. The molecule has 1 aliphatic heterocycles. The molecule has 1 aromatic heterocycles. The molecule has 1 aliphatic rings. The average molecular weight is 267 g/mol. The van der Waals surface area contributed by atoms with Gasteiger partial charge in [-0.05, 0) is 25.5 Å². The third-order valence-corrected chi connectivity index (χ3v) is 3.49. The van der Waals surface area contributed by atoms with Crippen molar-refractivity contribution < 1.29 is 0 Å². The van der Waals surface area contributed by atoms with Crippen LogP contribution in [0.15, 0.2) is 29.4 Å². The van der Waals surface area contributed by atoms with Crippen LogP contribution in [0.1, 0.15) is 24.3 Å². The number of hydrogen-bond donors (Lipinski definition) is 3. The fourth-order valence-corrected chi connectivity index (χ4v) is 2.42. The van der Waals surface area contributed by atoms with Crippen molar-refractivity contribution >= 4 is 31.1 Å². The van der Waals surface area contributed by atoms with E-state index >= 15 is 0 Å². The van der Waals surface area contributed by atoms with Crippen LogP contribution < -0.4 is 5.32 Å². The van der Waals surface area contributed by atoms with E-state index in [1.807, 2.05) is 25.1 Å². The summed E-state index contributed by atoms with van der Waals surface area (Å²) in [6, 6.07) is 6.27. The zero-order chi connectivity index (χ0) is 12.3. The first-order chi connectivity index (χ1) is 8.16. The molecule has 5 heteroatoms. The SMILES string of the molecule is CC(S)C1=NCC(CC(S)c2ccccn2)N1. The van der Waals surface area contributed by atoms with Crippen LogP contribution in [0.4, 0.5) is 0 Å². The van der Waals surface area contributed by atoms with Crippen molar-refractivity contribution in [2.45, 2.75) is 29.9 Å². The number of amidine groups is 1. The Labute approximate surface area is 113 Å². The lowest BCUT2D eigenvalue weighted by Gasteiger charge is -2.17. The number of aliphatic imine (C=N–C) groups is 1. The molecular weight excluding hydrogens is 250 g/mol. The van der Waals surface area contributed by atoms with Crippen molar-refractivity contribution in [3.05, 3.63) is 30.1 Å². The van der Waals surface area contributed by atoms with Crippen LogP contribution in [-0.4, -0.2) is 28.7 Å². The molecule has 3 atom stereocenters. The Hall–Kier alpha value is -0.680. The first-order valence-electron chi connectivity index (χ1n) is 5.74. The lowest BCUT2D eigenvalue weighted by atomic mass is 10.1. The first-order valence-corrected chi connectivity index (χ1v) is 6.78. The lowest BCUT2D eigenvalue weighted by molar-refractivity contribution is 0.589. The third-order valence-electron chi connectivity index (χ3n) is 2.77. The van der Waals surface area contributed by atoms with Gasteiger partial charge >= 0.3 is 0 Å². The Morgan fingerprint density at radius 2 is 2.29 bits per heavy atom. The van der Waals surface area contributed by atoms with Gasteiger partial charge in [-0.3, -0.25) is 9.98 Å². The van der Waals surface area contributed by atoms with E-state index in [1.54, 1.807) is 6.20 Å². The van der Waals surface area contributed by atoms with Crippen molar-refractivity contribution in [1.82, 2.24) is 10.3 Å². The van der Waals surface area contributed by atoms with Crippen molar-refractivity contribution in [3.8, 4) is 0 Å². The lowest BCUT2D eigenvalue weighted by Crippen LogP contribution is -2.34. The Morgan fingerprint density at radius 1 is 1.47 bits per heavy atom. The monoisotopic (exact) mass is 267 g/mol. The quantitative estimate of drug-likeness (QED) is 0.731. The van der Waals surface area contributed by atoms with E-state index in [0.717, 1.165) is 24.5 Å². The topological polar surface area (TPSA) is 37.3 Å². The van der Waals surface area contributed by atoms with Gasteiger partial charge in [-0.25, -0.2) is 0 Å². The van der Waals surface area contributed by atoms with Gasteiger partial charge in [-0.1, -0.05) is 6.07 Å². The molecule has 2 heterocycles. The van der Waals surface area contributed by atoms with E-state index < -0.39 is 0 Å². The van der Waals surface area contributed by atoms with Crippen LogP contribution in [0.25, 0.3) is 0 Å². The molecule has 1 aromatic rings. The second-order valence-electron chi connectivity index (χ2n) is 4.25. The average Bonchev–Trinajstić information content (AvgIpc) is 2.79. The van der Waals surface area contributed by atoms with Crippen LogP contribution in [0.2, 0.25) is 0 Å². The number of pyridine rings is 1. The van der Waals surface area contributed by atoms with Crippen LogP contribution in [0.5, 0.6) is 0 Å². The highest BCUT2D eigenvalue weighted by Gasteiger charge is 2.22. The van der Waals surface area contributed by atoms with Gasteiger partial charge in [0.1, 0.15) is 5.84 Å². The summed E-state index contributed by atoms with van der Waals surface area (Å²) in [5.41, 5.74) is 1.02. The highest BCUT2D eigenvalue weighted by Crippen LogP contribution is 2.24. The summed E-state index contributed by atoms with van der Waals surface area (Å²) in [7, 11) is 0. The fourth-order valence-electron chi connectivity index (χ4n) is 1.86. The zero-order valence-electron chi connectivity index (χ0n) is 9.74. The second kappa shape index (κ2) is 5.78. The zero-order valence-corrected chi connectivity index (χ0v) is 11.5. The molecule has 92 valence electrons. The van der Waals surface area contributed by atoms with E-state index in [0.29, 0.717) is 6.04 Å². The van der Waals surface area contributed by atoms with Crippen molar-refractivity contribution in [2.24, 2.45) is 4.99 Å². The normalized spacial score (nSPS) is 22.8. The molecule has 3 nitrogen and oxygen atoms in total. The highest BCUT2D eigenvalue weighted by atomic mass is 32.1. The smallest absolute Gasteiger partial charge is 0.109 e. The number of aromatic nitrogens is 1. The minimum atomic E-state index is 0.151. The molecule has 0 fully saturated rings. The largest absolute Gasteiger partial charge is 0.368 e. The predicted molar refractivity (Wildman–Crippen MR) is 78.3 cm³/mol. The fraction of sp³-hybridized carbons (Fsp3) is 0.500. The molecule has 3 unspecified atom stereocenters. The van der Waals surface area contributed by atoms with Crippen LogP contribution in [0.3, 0.4) is 0 Å². The highest BCUT2D eigenvalue weighted by molar-refractivity contribution is 7.81. The molecule has 0 radical (unpaired) electrons. The summed E-state index contributed by atoms with van der Waals surface area (Å²) < 4.78 is 0. The van der Waals surface area contributed by atoms with Crippen LogP contribution in [-0.2, 0) is 0 Å². The molecule has 0 amide bonds. The van der Waals surface area contributed by atoms with Gasteiger partial charge in [0.05, 0.1) is 17.5 Å². The van der Waals surface area contributed by atoms with Gasteiger partial charge in [0, 0.05) is 17.5 Å². The van der Waals surface area contributed by atoms with Gasteiger partial charge in [-0.2, -0.15) is 25.3 Å². The predicted octanol–water partition coefficient (Wildman–Crippen LogP) is 2.13. The summed E-state index contributed by atoms with van der Waals surface area (Å²) >= 11 is 8.97. The minimum absolute atomic E-state index is 0.151. The standard InChI is InChI=1S/C12H17N3S2/c1-8(16)12-14-7-9(15-12)6-11(17)10-4-2-3-5-13-10/h2-5,8-9,11,16-17H,6-7H2,1H3,(H,14,15). The number of thiol groups is 2. The van der Waals surface area contributed by atoms with Gasteiger partial charge in [0.25, 0.3) is 0 Å². The van der Waals surface area contributed by atoms with E-state index in [9.17, 15) is 0 Å². The third kappa shape index (κ3) is 3.39. The van der Waals surface area contributed by atoms with E-state index in [-0.39, 0.29) is 10.5 Å². The molecule has 1 N–H and O–H groups in total. The summed E-state index contributed by atoms with van der Waals surface area (Å²) in [5, 5.41) is 3.71. The Kier molecular flexibility index (Phi) is 4.34. The second-order valence-corrected chi connectivity index (χ2v) is 5.65. The molecule has 0 bridgehead atoms. The molecular formula is C12H17N3S2. The molecule has 0 saturated carbocycles. The maximum Gasteiger partial charge on any atom is 0.109 e. The molecule has 0 aliphatic carbocycles. The van der Waals surface area contributed by atoms with Crippen molar-refractivity contribution in [3.63, 3.8) is 0 Å². The van der Waals surface area contributed by atoms with E-state index in [1.165, 1.54) is 0 Å². The summed E-state index contributed by atoms with van der Waals surface area (Å²) in [5.74, 6) is 0.986. The van der Waals surface area contributed by atoms with Crippen molar-refractivity contribution in [1.29, 1.82) is 0 Å². The van der Waals surface area contributed by atoms with Crippen molar-refractivity contribution in [2.75, 3.05) is 6.54 Å². The number of nitrogens with one attached hydrogen (secondary N) is 1. The van der Waals surface area contributed by atoms with Gasteiger partial charge in [0.2, 0.25) is 0 Å². The van der Waals surface area contributed by atoms with Gasteiger partial charge in [0.15, 0.2) is 0 Å². The summed E-state index contributed by atoms with van der Waals surface area (Å²) in [4.78, 5) is 8.76. The molecule has 17 heavy (non-hydrogen) atoms. The number of nitrogens with zero attached hydrogens (tertiary/aromatic N) is 2. The Bertz CT molecular complexity index is 392. The molecule has 2 rings (SSSR count). The maximum atomic E-state index is 4.60. The molecule has 0 saturated heterocycles. The van der Waals surface area contributed by atoms with Crippen LogP contribution in [0, 0.1) is 0 Å². The maximum absolute atomic E-state index is 4.60. The summed E-state index contributed by atoms with van der Waals surface area (Å²) in [6.07, 6.45) is 2.73. The minimum Gasteiger partial charge on any atom is -0.368 e.